The fourth-order valence-electron chi connectivity index (χ4n) is 3.34. The maximum absolute atomic E-state index is 12.9. The maximum Gasteiger partial charge on any atom is 0.292 e. The molecule has 2 aromatic heterocycles. The van der Waals surface area contributed by atoms with Crippen LogP contribution in [-0.4, -0.2) is 58.6 Å². The first-order chi connectivity index (χ1) is 12.2. The quantitative estimate of drug-likeness (QED) is 0.836. The third-order valence-electron chi connectivity index (χ3n) is 4.72. The van der Waals surface area contributed by atoms with Crippen LogP contribution in [0.25, 0.3) is 0 Å². The SMILES string of the molecule is Cc1ncoc1C(=O)N1CCOCC1c1nccc(N2CCCC2)n1. The largest absolute Gasteiger partial charge is 0.438 e. The summed E-state index contributed by atoms with van der Waals surface area (Å²) < 4.78 is 10.9. The summed E-state index contributed by atoms with van der Waals surface area (Å²) in [6, 6.07) is 1.60. The van der Waals surface area contributed by atoms with E-state index in [1.165, 1.54) is 19.2 Å². The van der Waals surface area contributed by atoms with Crippen LogP contribution < -0.4 is 4.90 Å². The molecule has 25 heavy (non-hydrogen) atoms. The second-order valence-corrected chi connectivity index (χ2v) is 6.32. The summed E-state index contributed by atoms with van der Waals surface area (Å²) in [7, 11) is 0. The standard InChI is InChI=1S/C17H21N5O3/c1-12-15(25-11-19-12)17(23)22-8-9-24-10-13(22)16-18-5-4-14(20-16)21-6-2-3-7-21/h4-5,11,13H,2-3,6-10H2,1H3. The number of ether oxygens (including phenoxy) is 1. The van der Waals surface area contributed by atoms with Gasteiger partial charge < -0.3 is 19.0 Å². The molecular weight excluding hydrogens is 322 g/mol. The first-order valence-electron chi connectivity index (χ1n) is 8.61. The van der Waals surface area contributed by atoms with Crippen molar-refractivity contribution in [3.05, 3.63) is 35.9 Å². The Morgan fingerprint density at radius 3 is 2.84 bits per heavy atom. The first kappa shape index (κ1) is 16.0. The fraction of sp³-hybridized carbons (Fsp3) is 0.529. The van der Waals surface area contributed by atoms with Crippen molar-refractivity contribution in [1.82, 2.24) is 19.9 Å². The van der Waals surface area contributed by atoms with Crippen LogP contribution in [-0.2, 0) is 4.74 Å². The van der Waals surface area contributed by atoms with E-state index in [9.17, 15) is 4.79 Å². The van der Waals surface area contributed by atoms with E-state index in [4.69, 9.17) is 14.1 Å². The molecule has 2 aliphatic heterocycles. The zero-order valence-corrected chi connectivity index (χ0v) is 14.2. The third kappa shape index (κ3) is 3.09. The molecule has 132 valence electrons. The Morgan fingerprint density at radius 1 is 1.24 bits per heavy atom. The van der Waals surface area contributed by atoms with Crippen LogP contribution in [0.5, 0.6) is 0 Å². The van der Waals surface area contributed by atoms with Crippen molar-refractivity contribution in [1.29, 1.82) is 0 Å². The van der Waals surface area contributed by atoms with Gasteiger partial charge in [-0.15, -0.1) is 0 Å². The van der Waals surface area contributed by atoms with Crippen LogP contribution in [0.2, 0.25) is 0 Å². The highest BCUT2D eigenvalue weighted by Crippen LogP contribution is 2.26. The molecule has 2 fully saturated rings. The molecule has 0 N–H and O–H groups in total. The van der Waals surface area contributed by atoms with Gasteiger partial charge in [-0.3, -0.25) is 4.79 Å². The van der Waals surface area contributed by atoms with E-state index in [0.29, 0.717) is 31.3 Å². The molecule has 2 saturated heterocycles. The minimum absolute atomic E-state index is 0.196. The van der Waals surface area contributed by atoms with Crippen molar-refractivity contribution in [2.24, 2.45) is 0 Å². The summed E-state index contributed by atoms with van der Waals surface area (Å²) in [4.78, 5) is 30.0. The van der Waals surface area contributed by atoms with E-state index in [1.54, 1.807) is 18.0 Å². The molecule has 0 aliphatic carbocycles. The Balaban J connectivity index is 1.62. The van der Waals surface area contributed by atoms with Crippen molar-refractivity contribution in [2.75, 3.05) is 37.7 Å². The van der Waals surface area contributed by atoms with Gasteiger partial charge in [0.05, 0.1) is 18.9 Å². The van der Waals surface area contributed by atoms with E-state index in [0.717, 1.165) is 18.9 Å². The van der Waals surface area contributed by atoms with Gasteiger partial charge in [-0.2, -0.15) is 0 Å². The van der Waals surface area contributed by atoms with Gasteiger partial charge in [0.2, 0.25) is 5.76 Å². The number of carbonyl (C=O) groups excluding carboxylic acids is 1. The number of nitrogens with zero attached hydrogens (tertiary/aromatic N) is 5. The van der Waals surface area contributed by atoms with Crippen molar-refractivity contribution in [2.45, 2.75) is 25.8 Å². The minimum atomic E-state index is -0.326. The molecule has 0 bridgehead atoms. The lowest BCUT2D eigenvalue weighted by molar-refractivity contribution is -0.00678. The molecule has 2 aromatic rings. The highest BCUT2D eigenvalue weighted by Gasteiger charge is 2.34. The van der Waals surface area contributed by atoms with Crippen molar-refractivity contribution < 1.29 is 13.9 Å². The molecule has 0 spiro atoms. The fourth-order valence-corrected chi connectivity index (χ4v) is 3.34. The zero-order valence-electron chi connectivity index (χ0n) is 14.2. The average Bonchev–Trinajstić information content (AvgIpc) is 3.33. The second-order valence-electron chi connectivity index (χ2n) is 6.32. The summed E-state index contributed by atoms with van der Waals surface area (Å²) >= 11 is 0. The number of hydrogen-bond acceptors (Lipinski definition) is 7. The maximum atomic E-state index is 12.9. The predicted octanol–water partition coefficient (Wildman–Crippen LogP) is 1.59. The van der Waals surface area contributed by atoms with Gasteiger partial charge in [-0.05, 0) is 25.8 Å². The lowest BCUT2D eigenvalue weighted by atomic mass is 10.2. The van der Waals surface area contributed by atoms with Crippen LogP contribution in [0, 0.1) is 6.92 Å². The minimum Gasteiger partial charge on any atom is -0.438 e. The van der Waals surface area contributed by atoms with E-state index in [1.807, 2.05) is 6.07 Å². The van der Waals surface area contributed by atoms with Gasteiger partial charge >= 0.3 is 0 Å². The highest BCUT2D eigenvalue weighted by atomic mass is 16.5. The van der Waals surface area contributed by atoms with Gasteiger partial charge in [0.25, 0.3) is 5.91 Å². The lowest BCUT2D eigenvalue weighted by Crippen LogP contribution is -2.44. The van der Waals surface area contributed by atoms with Crippen LogP contribution in [0.4, 0.5) is 5.82 Å². The molecule has 8 nitrogen and oxygen atoms in total. The Hall–Kier alpha value is -2.48. The van der Waals surface area contributed by atoms with Gasteiger partial charge in [0, 0.05) is 25.8 Å². The van der Waals surface area contributed by atoms with Gasteiger partial charge in [-0.25, -0.2) is 15.0 Å². The van der Waals surface area contributed by atoms with Gasteiger partial charge in [0.15, 0.2) is 12.2 Å². The number of morpholine rings is 1. The smallest absolute Gasteiger partial charge is 0.292 e. The number of aryl methyl sites for hydroxylation is 1. The highest BCUT2D eigenvalue weighted by molar-refractivity contribution is 5.92. The van der Waals surface area contributed by atoms with Crippen LogP contribution >= 0.6 is 0 Å². The van der Waals surface area contributed by atoms with E-state index in [-0.39, 0.29) is 17.7 Å². The van der Waals surface area contributed by atoms with E-state index in [2.05, 4.69) is 14.9 Å². The molecule has 0 aromatic carbocycles. The topological polar surface area (TPSA) is 84.6 Å². The number of amides is 1. The number of hydrogen-bond donors (Lipinski definition) is 0. The van der Waals surface area contributed by atoms with Crippen molar-refractivity contribution >= 4 is 11.7 Å². The Labute approximate surface area is 145 Å². The summed E-state index contributed by atoms with van der Waals surface area (Å²) in [5, 5.41) is 0. The molecule has 1 atom stereocenters. The van der Waals surface area contributed by atoms with Crippen LogP contribution in [0.3, 0.4) is 0 Å². The zero-order chi connectivity index (χ0) is 17.2. The summed E-state index contributed by atoms with van der Waals surface area (Å²) in [5.74, 6) is 1.59. The van der Waals surface area contributed by atoms with E-state index >= 15 is 0 Å². The summed E-state index contributed by atoms with van der Waals surface area (Å²) in [6.45, 7) is 5.12. The average molecular weight is 343 g/mol. The Morgan fingerprint density at radius 2 is 2.08 bits per heavy atom. The van der Waals surface area contributed by atoms with Crippen LogP contribution in [0.15, 0.2) is 23.1 Å². The molecule has 8 heteroatoms. The Bertz CT molecular complexity index is 756. The van der Waals surface area contributed by atoms with Crippen molar-refractivity contribution in [3.8, 4) is 0 Å². The number of anilines is 1. The number of rotatable bonds is 3. The summed E-state index contributed by atoms with van der Waals surface area (Å²) in [5.41, 5.74) is 0.585. The molecule has 0 radical (unpaired) electrons. The van der Waals surface area contributed by atoms with Gasteiger partial charge in [-0.1, -0.05) is 0 Å². The molecule has 0 saturated carbocycles. The number of aromatic nitrogens is 3. The predicted molar refractivity (Wildman–Crippen MR) is 89.3 cm³/mol. The number of carbonyl (C=O) groups is 1. The molecule has 2 aliphatic rings. The van der Waals surface area contributed by atoms with Gasteiger partial charge in [0.1, 0.15) is 11.9 Å². The molecule has 4 rings (SSSR count). The van der Waals surface area contributed by atoms with E-state index < -0.39 is 0 Å². The molecule has 4 heterocycles. The molecule has 1 unspecified atom stereocenters. The molecule has 1 amide bonds. The monoisotopic (exact) mass is 343 g/mol. The normalized spacial score (nSPS) is 20.9. The number of oxazole rings is 1. The first-order valence-corrected chi connectivity index (χ1v) is 8.61. The lowest BCUT2D eigenvalue weighted by Gasteiger charge is -2.34. The Kier molecular flexibility index (Phi) is 4.35. The molecular formula is C17H21N5O3. The van der Waals surface area contributed by atoms with Crippen LogP contribution in [0.1, 0.15) is 41.0 Å². The summed E-state index contributed by atoms with van der Waals surface area (Å²) in [6.07, 6.45) is 5.41. The second kappa shape index (κ2) is 6.79. The van der Waals surface area contributed by atoms with Crippen molar-refractivity contribution in [3.63, 3.8) is 0 Å². The third-order valence-corrected chi connectivity index (χ3v) is 4.72.